The zero-order chi connectivity index (χ0) is 13.1. The molecule has 3 nitrogen and oxygen atoms in total. The number of hydrogen-bond donors (Lipinski definition) is 1. The number of fused-ring (bicyclic) bond motifs is 1. The number of ether oxygens (including phenoxy) is 2. The van der Waals surface area contributed by atoms with Gasteiger partial charge in [0.05, 0.1) is 13.2 Å². The molecule has 0 amide bonds. The second-order valence-corrected chi connectivity index (χ2v) is 5.45. The van der Waals surface area contributed by atoms with E-state index in [9.17, 15) is 4.39 Å². The highest BCUT2D eigenvalue weighted by atomic mass is 19.1. The van der Waals surface area contributed by atoms with Crippen LogP contribution in [-0.2, 0) is 11.2 Å². The fourth-order valence-electron chi connectivity index (χ4n) is 2.81. The van der Waals surface area contributed by atoms with Crippen LogP contribution in [0.25, 0.3) is 0 Å². The van der Waals surface area contributed by atoms with E-state index in [1.807, 2.05) is 0 Å². The van der Waals surface area contributed by atoms with Gasteiger partial charge in [0, 0.05) is 18.5 Å². The molecule has 0 aromatic heterocycles. The molecule has 0 bridgehead atoms. The summed E-state index contributed by atoms with van der Waals surface area (Å²) in [5.74, 6) is 1.22. The Hall–Kier alpha value is -1.13. The van der Waals surface area contributed by atoms with Gasteiger partial charge in [-0.1, -0.05) is 0 Å². The molecule has 1 aromatic rings. The van der Waals surface area contributed by atoms with Gasteiger partial charge in [0.25, 0.3) is 0 Å². The third-order valence-electron chi connectivity index (χ3n) is 3.82. The number of hydrogen-bond acceptors (Lipinski definition) is 3. The first-order valence-electron chi connectivity index (χ1n) is 7.05. The van der Waals surface area contributed by atoms with Crippen LogP contribution in [0.1, 0.15) is 18.4 Å². The lowest BCUT2D eigenvalue weighted by Crippen LogP contribution is -2.33. The van der Waals surface area contributed by atoms with E-state index in [1.165, 1.54) is 18.9 Å². The monoisotopic (exact) mass is 265 g/mol. The molecule has 0 spiro atoms. The molecule has 2 heterocycles. The number of halogens is 1. The summed E-state index contributed by atoms with van der Waals surface area (Å²) in [6.45, 7) is 3.56. The van der Waals surface area contributed by atoms with Crippen molar-refractivity contribution in [2.45, 2.75) is 25.4 Å². The third-order valence-corrected chi connectivity index (χ3v) is 3.82. The molecule has 0 saturated carbocycles. The predicted octanol–water partition coefficient (Wildman–Crippen LogP) is 2.15. The number of rotatable bonds is 4. The molecule has 2 aliphatic heterocycles. The number of piperidine rings is 1. The van der Waals surface area contributed by atoms with E-state index in [-0.39, 0.29) is 11.9 Å². The fraction of sp³-hybridized carbons (Fsp3) is 0.600. The van der Waals surface area contributed by atoms with Crippen LogP contribution in [0.3, 0.4) is 0 Å². The Labute approximate surface area is 113 Å². The maximum Gasteiger partial charge on any atom is 0.126 e. The average molecular weight is 265 g/mol. The molecule has 0 aliphatic carbocycles. The summed E-state index contributed by atoms with van der Waals surface area (Å²) < 4.78 is 24.6. The quantitative estimate of drug-likeness (QED) is 0.905. The summed E-state index contributed by atoms with van der Waals surface area (Å²) in [5, 5.41) is 3.38. The molecule has 1 fully saturated rings. The van der Waals surface area contributed by atoms with E-state index in [1.54, 1.807) is 12.1 Å². The summed E-state index contributed by atoms with van der Waals surface area (Å²) in [4.78, 5) is 0. The van der Waals surface area contributed by atoms with Crippen molar-refractivity contribution in [1.82, 2.24) is 5.32 Å². The first-order chi connectivity index (χ1) is 9.31. The molecule has 19 heavy (non-hydrogen) atoms. The van der Waals surface area contributed by atoms with Gasteiger partial charge in [0.1, 0.15) is 17.7 Å². The SMILES string of the molecule is Fc1ccc2c(c1)CC(COCC1CCCNC1)O2. The predicted molar refractivity (Wildman–Crippen MR) is 70.9 cm³/mol. The first kappa shape index (κ1) is 12.9. The van der Waals surface area contributed by atoms with Crippen molar-refractivity contribution in [3.05, 3.63) is 29.6 Å². The Morgan fingerprint density at radius 1 is 1.37 bits per heavy atom. The molecule has 4 heteroatoms. The first-order valence-corrected chi connectivity index (χ1v) is 7.05. The average Bonchev–Trinajstić information content (AvgIpc) is 2.82. The van der Waals surface area contributed by atoms with Gasteiger partial charge >= 0.3 is 0 Å². The van der Waals surface area contributed by atoms with Crippen LogP contribution in [0.15, 0.2) is 18.2 Å². The summed E-state index contributed by atoms with van der Waals surface area (Å²) in [6, 6.07) is 4.70. The van der Waals surface area contributed by atoms with Gasteiger partial charge in [0.2, 0.25) is 0 Å². The van der Waals surface area contributed by atoms with Crippen molar-refractivity contribution in [2.75, 3.05) is 26.3 Å². The Morgan fingerprint density at radius 3 is 3.16 bits per heavy atom. The van der Waals surface area contributed by atoms with Crippen LogP contribution in [0.2, 0.25) is 0 Å². The fourth-order valence-corrected chi connectivity index (χ4v) is 2.81. The van der Waals surface area contributed by atoms with Crippen LogP contribution in [0.5, 0.6) is 5.75 Å². The Morgan fingerprint density at radius 2 is 2.32 bits per heavy atom. The lowest BCUT2D eigenvalue weighted by molar-refractivity contribution is 0.0365. The van der Waals surface area contributed by atoms with Gasteiger partial charge in [-0.25, -0.2) is 4.39 Å². The van der Waals surface area contributed by atoms with E-state index in [4.69, 9.17) is 9.47 Å². The zero-order valence-electron chi connectivity index (χ0n) is 11.0. The van der Waals surface area contributed by atoms with E-state index in [0.717, 1.165) is 37.4 Å². The van der Waals surface area contributed by atoms with Gasteiger partial charge in [-0.15, -0.1) is 0 Å². The Kier molecular flexibility index (Phi) is 3.99. The van der Waals surface area contributed by atoms with Crippen LogP contribution >= 0.6 is 0 Å². The Balaban J connectivity index is 1.43. The van der Waals surface area contributed by atoms with Gasteiger partial charge < -0.3 is 14.8 Å². The summed E-state index contributed by atoms with van der Waals surface area (Å²) in [6.07, 6.45) is 3.26. The van der Waals surface area contributed by atoms with Crippen LogP contribution < -0.4 is 10.1 Å². The van der Waals surface area contributed by atoms with Gasteiger partial charge in [-0.2, -0.15) is 0 Å². The van der Waals surface area contributed by atoms with Gasteiger partial charge in [-0.05, 0) is 43.5 Å². The molecule has 0 radical (unpaired) electrons. The molecule has 2 aliphatic rings. The van der Waals surface area contributed by atoms with Crippen molar-refractivity contribution in [3.63, 3.8) is 0 Å². The van der Waals surface area contributed by atoms with Gasteiger partial charge in [-0.3, -0.25) is 0 Å². The standard InChI is InChI=1S/C15H20FNO2/c16-13-3-4-15-12(6-13)7-14(19-15)10-18-9-11-2-1-5-17-8-11/h3-4,6,11,14,17H,1-2,5,7-10H2. The topological polar surface area (TPSA) is 30.5 Å². The smallest absolute Gasteiger partial charge is 0.126 e. The lowest BCUT2D eigenvalue weighted by atomic mass is 10.0. The highest BCUT2D eigenvalue weighted by Crippen LogP contribution is 2.29. The summed E-state index contributed by atoms with van der Waals surface area (Å²) >= 11 is 0. The highest BCUT2D eigenvalue weighted by molar-refractivity contribution is 5.37. The molecule has 1 aromatic carbocycles. The van der Waals surface area contributed by atoms with Crippen molar-refractivity contribution in [1.29, 1.82) is 0 Å². The molecule has 1 saturated heterocycles. The number of benzene rings is 1. The van der Waals surface area contributed by atoms with Crippen LogP contribution in [-0.4, -0.2) is 32.4 Å². The molecule has 3 rings (SSSR count). The van der Waals surface area contributed by atoms with Crippen molar-refractivity contribution >= 4 is 0 Å². The molecule has 1 N–H and O–H groups in total. The molecule has 2 unspecified atom stereocenters. The highest BCUT2D eigenvalue weighted by Gasteiger charge is 2.24. The van der Waals surface area contributed by atoms with Crippen molar-refractivity contribution in [3.8, 4) is 5.75 Å². The summed E-state index contributed by atoms with van der Waals surface area (Å²) in [7, 11) is 0. The second-order valence-electron chi connectivity index (χ2n) is 5.45. The minimum Gasteiger partial charge on any atom is -0.487 e. The minimum absolute atomic E-state index is 0.0355. The van der Waals surface area contributed by atoms with Crippen molar-refractivity contribution in [2.24, 2.45) is 5.92 Å². The molecule has 2 atom stereocenters. The zero-order valence-corrected chi connectivity index (χ0v) is 11.0. The lowest BCUT2D eigenvalue weighted by Gasteiger charge is -2.23. The van der Waals surface area contributed by atoms with E-state index >= 15 is 0 Å². The normalized spacial score (nSPS) is 25.9. The van der Waals surface area contributed by atoms with Crippen LogP contribution in [0.4, 0.5) is 4.39 Å². The van der Waals surface area contributed by atoms with E-state index in [0.29, 0.717) is 12.5 Å². The molecular weight excluding hydrogens is 245 g/mol. The largest absolute Gasteiger partial charge is 0.487 e. The molecule has 104 valence electrons. The maximum absolute atomic E-state index is 13.1. The van der Waals surface area contributed by atoms with E-state index in [2.05, 4.69) is 5.32 Å². The second kappa shape index (κ2) is 5.88. The van der Waals surface area contributed by atoms with Crippen molar-refractivity contribution < 1.29 is 13.9 Å². The Bertz CT molecular complexity index is 432. The molecular formula is C15H20FNO2. The maximum atomic E-state index is 13.1. The number of nitrogens with one attached hydrogen (secondary N) is 1. The minimum atomic E-state index is -0.197. The van der Waals surface area contributed by atoms with E-state index < -0.39 is 0 Å². The van der Waals surface area contributed by atoms with Crippen LogP contribution in [0, 0.1) is 11.7 Å². The summed E-state index contributed by atoms with van der Waals surface area (Å²) in [5.41, 5.74) is 0.952. The third kappa shape index (κ3) is 3.25. The van der Waals surface area contributed by atoms with Gasteiger partial charge in [0.15, 0.2) is 0 Å².